The first-order valence-corrected chi connectivity index (χ1v) is 7.04. The van der Waals surface area contributed by atoms with Crippen LogP contribution in [0.3, 0.4) is 0 Å². The van der Waals surface area contributed by atoms with Crippen LogP contribution in [0.25, 0.3) is 0 Å². The van der Waals surface area contributed by atoms with Crippen LogP contribution < -0.4 is 14.8 Å². The monoisotopic (exact) mass is 295 g/mol. The van der Waals surface area contributed by atoms with Crippen molar-refractivity contribution in [1.82, 2.24) is 5.32 Å². The highest BCUT2D eigenvalue weighted by Crippen LogP contribution is 2.32. The Kier molecular flexibility index (Phi) is 5.03. The number of aliphatic hydroxyl groups is 2. The van der Waals surface area contributed by atoms with Gasteiger partial charge in [0.05, 0.1) is 18.8 Å². The van der Waals surface area contributed by atoms with Crippen LogP contribution in [0.2, 0.25) is 0 Å². The molecule has 116 valence electrons. The molecule has 2 rings (SSSR count). The lowest BCUT2D eigenvalue weighted by molar-refractivity contribution is -0.124. The van der Waals surface area contributed by atoms with Crippen LogP contribution in [0.4, 0.5) is 0 Å². The Morgan fingerprint density at radius 1 is 1.29 bits per heavy atom. The van der Waals surface area contributed by atoms with Crippen LogP contribution in [-0.2, 0) is 11.2 Å². The van der Waals surface area contributed by atoms with Crippen LogP contribution >= 0.6 is 0 Å². The molecule has 0 saturated heterocycles. The first-order valence-electron chi connectivity index (χ1n) is 7.04. The average molecular weight is 295 g/mol. The number of carbonyl (C=O) groups is 1. The Bertz CT molecular complexity index is 491. The summed E-state index contributed by atoms with van der Waals surface area (Å²) in [5, 5.41) is 21.3. The first kappa shape index (κ1) is 15.6. The molecule has 0 bridgehead atoms. The molecule has 1 aliphatic heterocycles. The number of benzene rings is 1. The number of aliphatic hydroxyl groups excluding tert-OH is 2. The summed E-state index contributed by atoms with van der Waals surface area (Å²) in [6.07, 6.45) is 1.30. The zero-order valence-electron chi connectivity index (χ0n) is 12.1. The van der Waals surface area contributed by atoms with Crippen molar-refractivity contribution in [3.8, 4) is 11.5 Å². The first-order chi connectivity index (χ1) is 10.1. The standard InChI is InChI=1S/C15H21NO5/c1-2-15(8-17,9-18)16-14(19)6-4-11-3-5-12-13(7-11)21-10-20-12/h3,5,7,17-18H,2,4,6,8-10H2,1H3,(H,16,19). The smallest absolute Gasteiger partial charge is 0.231 e. The lowest BCUT2D eigenvalue weighted by atomic mass is 9.98. The van der Waals surface area contributed by atoms with E-state index in [2.05, 4.69) is 5.32 Å². The highest BCUT2D eigenvalue weighted by Gasteiger charge is 2.28. The SMILES string of the molecule is CCC(CO)(CO)NC(=O)CCc1ccc2c(c1)OCO2. The zero-order valence-corrected chi connectivity index (χ0v) is 12.1. The molecule has 0 atom stereocenters. The van der Waals surface area contributed by atoms with Gasteiger partial charge in [0.2, 0.25) is 12.7 Å². The predicted octanol–water partition coefficient (Wildman–Crippen LogP) is 0.597. The third-order valence-corrected chi connectivity index (χ3v) is 3.76. The van der Waals surface area contributed by atoms with E-state index in [-0.39, 0.29) is 32.3 Å². The van der Waals surface area contributed by atoms with Crippen molar-refractivity contribution < 1.29 is 24.5 Å². The number of carbonyl (C=O) groups excluding carboxylic acids is 1. The van der Waals surface area contributed by atoms with Crippen LogP contribution in [0.15, 0.2) is 18.2 Å². The van der Waals surface area contributed by atoms with Gasteiger partial charge >= 0.3 is 0 Å². The van der Waals surface area contributed by atoms with E-state index in [0.29, 0.717) is 24.3 Å². The molecule has 1 aliphatic rings. The van der Waals surface area contributed by atoms with E-state index in [1.807, 2.05) is 25.1 Å². The molecule has 0 fully saturated rings. The summed E-state index contributed by atoms with van der Waals surface area (Å²) in [5.41, 5.74) is 0.0379. The fraction of sp³-hybridized carbons (Fsp3) is 0.533. The van der Waals surface area contributed by atoms with Crippen LogP contribution in [0, 0.1) is 0 Å². The molecule has 0 unspecified atom stereocenters. The normalized spacial score (nSPS) is 13.3. The molecule has 6 heteroatoms. The number of amides is 1. The highest BCUT2D eigenvalue weighted by molar-refractivity contribution is 5.77. The maximum Gasteiger partial charge on any atom is 0.231 e. The van der Waals surface area contributed by atoms with Gasteiger partial charge in [-0.05, 0) is 30.5 Å². The van der Waals surface area contributed by atoms with Crippen LogP contribution in [0.5, 0.6) is 11.5 Å². The van der Waals surface area contributed by atoms with E-state index in [0.717, 1.165) is 5.56 Å². The van der Waals surface area contributed by atoms with Gasteiger partial charge in [-0.15, -0.1) is 0 Å². The molecule has 0 saturated carbocycles. The van der Waals surface area contributed by atoms with E-state index >= 15 is 0 Å². The minimum absolute atomic E-state index is 0.197. The Balaban J connectivity index is 1.89. The van der Waals surface area contributed by atoms with Gasteiger partial charge in [-0.25, -0.2) is 0 Å². The van der Waals surface area contributed by atoms with E-state index in [4.69, 9.17) is 9.47 Å². The number of nitrogens with one attached hydrogen (secondary N) is 1. The van der Waals surface area contributed by atoms with Gasteiger partial charge in [-0.1, -0.05) is 13.0 Å². The molecule has 0 aliphatic carbocycles. The van der Waals surface area contributed by atoms with E-state index < -0.39 is 5.54 Å². The molecule has 0 spiro atoms. The van der Waals surface area contributed by atoms with Crippen molar-refractivity contribution in [3.63, 3.8) is 0 Å². The summed E-state index contributed by atoms with van der Waals surface area (Å²) in [7, 11) is 0. The lowest BCUT2D eigenvalue weighted by Gasteiger charge is -2.29. The second kappa shape index (κ2) is 6.78. The quantitative estimate of drug-likeness (QED) is 0.685. The molecule has 1 aromatic carbocycles. The van der Waals surface area contributed by atoms with E-state index in [9.17, 15) is 15.0 Å². The highest BCUT2D eigenvalue weighted by atomic mass is 16.7. The molecule has 21 heavy (non-hydrogen) atoms. The summed E-state index contributed by atoms with van der Waals surface area (Å²) >= 11 is 0. The predicted molar refractivity (Wildman–Crippen MR) is 76.2 cm³/mol. The number of ether oxygens (including phenoxy) is 2. The van der Waals surface area contributed by atoms with Crippen molar-refractivity contribution in [1.29, 1.82) is 0 Å². The second-order valence-corrected chi connectivity index (χ2v) is 5.19. The fourth-order valence-electron chi connectivity index (χ4n) is 2.15. The van der Waals surface area contributed by atoms with E-state index in [1.165, 1.54) is 0 Å². The molecule has 0 radical (unpaired) electrons. The number of rotatable bonds is 7. The third kappa shape index (κ3) is 3.65. The van der Waals surface area contributed by atoms with Gasteiger partial charge in [-0.2, -0.15) is 0 Å². The van der Waals surface area contributed by atoms with Gasteiger partial charge in [0, 0.05) is 6.42 Å². The maximum atomic E-state index is 12.0. The summed E-state index contributed by atoms with van der Waals surface area (Å²) in [6, 6.07) is 5.58. The van der Waals surface area contributed by atoms with Crippen molar-refractivity contribution in [3.05, 3.63) is 23.8 Å². The van der Waals surface area contributed by atoms with Crippen molar-refractivity contribution in [2.24, 2.45) is 0 Å². The van der Waals surface area contributed by atoms with Crippen molar-refractivity contribution >= 4 is 5.91 Å². The molecule has 1 heterocycles. The summed E-state index contributed by atoms with van der Waals surface area (Å²) in [5.74, 6) is 1.22. The molecular formula is C15H21NO5. The van der Waals surface area contributed by atoms with Gasteiger partial charge in [0.1, 0.15) is 0 Å². The van der Waals surface area contributed by atoms with Gasteiger partial charge < -0.3 is 25.0 Å². The Hall–Kier alpha value is -1.79. The molecule has 3 N–H and O–H groups in total. The Morgan fingerprint density at radius 3 is 2.67 bits per heavy atom. The molecular weight excluding hydrogens is 274 g/mol. The summed E-state index contributed by atoms with van der Waals surface area (Å²) in [6.45, 7) is 1.47. The average Bonchev–Trinajstić information content (AvgIpc) is 2.98. The fourth-order valence-corrected chi connectivity index (χ4v) is 2.15. The minimum atomic E-state index is -0.939. The lowest BCUT2D eigenvalue weighted by Crippen LogP contribution is -2.53. The second-order valence-electron chi connectivity index (χ2n) is 5.19. The number of hydrogen-bond donors (Lipinski definition) is 3. The largest absolute Gasteiger partial charge is 0.454 e. The van der Waals surface area contributed by atoms with Gasteiger partial charge in [0.25, 0.3) is 0 Å². The number of aryl methyl sites for hydroxylation is 1. The van der Waals surface area contributed by atoms with Crippen molar-refractivity contribution in [2.75, 3.05) is 20.0 Å². The van der Waals surface area contributed by atoms with Gasteiger partial charge in [0.15, 0.2) is 11.5 Å². The summed E-state index contributed by atoms with van der Waals surface area (Å²) in [4.78, 5) is 12.0. The topological polar surface area (TPSA) is 88.0 Å². The minimum Gasteiger partial charge on any atom is -0.454 e. The number of fused-ring (bicyclic) bond motifs is 1. The summed E-state index contributed by atoms with van der Waals surface area (Å²) < 4.78 is 10.5. The number of hydrogen-bond acceptors (Lipinski definition) is 5. The maximum absolute atomic E-state index is 12.0. The molecule has 0 aromatic heterocycles. The third-order valence-electron chi connectivity index (χ3n) is 3.76. The van der Waals surface area contributed by atoms with Crippen molar-refractivity contribution in [2.45, 2.75) is 31.7 Å². The Morgan fingerprint density at radius 2 is 2.00 bits per heavy atom. The van der Waals surface area contributed by atoms with Crippen LogP contribution in [-0.4, -0.2) is 41.7 Å². The molecule has 6 nitrogen and oxygen atoms in total. The Labute approximate surface area is 123 Å². The van der Waals surface area contributed by atoms with Gasteiger partial charge in [-0.3, -0.25) is 4.79 Å². The van der Waals surface area contributed by atoms with E-state index in [1.54, 1.807) is 0 Å². The zero-order chi connectivity index (χ0) is 15.3. The molecule has 1 aromatic rings. The van der Waals surface area contributed by atoms with Crippen LogP contribution in [0.1, 0.15) is 25.3 Å². The molecule has 1 amide bonds.